The van der Waals surface area contributed by atoms with Gasteiger partial charge in [-0.1, -0.05) is 26.0 Å². The molecule has 1 amide bonds. The van der Waals surface area contributed by atoms with Crippen molar-refractivity contribution < 1.29 is 17.9 Å². The second kappa shape index (κ2) is 9.06. The Morgan fingerprint density at radius 1 is 1.10 bits per heavy atom. The monoisotopic (exact) mass is 431 g/mol. The second-order valence-electron chi connectivity index (χ2n) is 6.53. The highest BCUT2D eigenvalue weighted by Gasteiger charge is 2.15. The van der Waals surface area contributed by atoms with Crippen molar-refractivity contribution in [1.29, 1.82) is 0 Å². The van der Waals surface area contributed by atoms with Crippen LogP contribution in [0.3, 0.4) is 0 Å². The largest absolute Gasteiger partial charge is 0.484 e. The van der Waals surface area contributed by atoms with E-state index in [-0.39, 0.29) is 17.4 Å². The van der Waals surface area contributed by atoms with Crippen LogP contribution in [0, 0.1) is 0 Å². The average molecular weight is 432 g/mol. The molecule has 0 aliphatic rings. The van der Waals surface area contributed by atoms with Crippen LogP contribution in [0.2, 0.25) is 0 Å². The topological polar surface area (TPSA) is 97.4 Å². The van der Waals surface area contributed by atoms with E-state index in [1.165, 1.54) is 47.4 Å². The lowest BCUT2D eigenvalue weighted by Crippen LogP contribution is -2.20. The molecule has 0 aliphatic carbocycles. The summed E-state index contributed by atoms with van der Waals surface area (Å²) in [6.45, 7) is 4.07. The Hall–Kier alpha value is -2.91. The Balaban J connectivity index is 1.54. The molecule has 2 aromatic carbocycles. The predicted molar refractivity (Wildman–Crippen MR) is 114 cm³/mol. The van der Waals surface area contributed by atoms with Gasteiger partial charge in [0.1, 0.15) is 5.75 Å². The summed E-state index contributed by atoms with van der Waals surface area (Å²) in [5, 5.41) is 4.65. The highest BCUT2D eigenvalue weighted by Crippen LogP contribution is 2.20. The molecule has 0 unspecified atom stereocenters. The van der Waals surface area contributed by atoms with Gasteiger partial charge in [0.25, 0.3) is 15.9 Å². The lowest BCUT2D eigenvalue weighted by Gasteiger charge is -2.10. The average Bonchev–Trinajstić information content (AvgIpc) is 3.19. The van der Waals surface area contributed by atoms with Gasteiger partial charge in [0.05, 0.1) is 4.90 Å². The third kappa shape index (κ3) is 5.78. The molecule has 1 heterocycles. The van der Waals surface area contributed by atoms with Crippen molar-refractivity contribution in [2.75, 3.05) is 16.6 Å². The Bertz CT molecular complexity index is 1050. The number of anilines is 2. The molecular formula is C20H21N3O4S2. The quantitative estimate of drug-likeness (QED) is 0.560. The highest BCUT2D eigenvalue weighted by molar-refractivity contribution is 7.93. The van der Waals surface area contributed by atoms with E-state index in [1.807, 2.05) is 24.3 Å². The number of benzene rings is 2. The molecule has 2 N–H and O–H groups in total. The summed E-state index contributed by atoms with van der Waals surface area (Å²) >= 11 is 1.19. The van der Waals surface area contributed by atoms with Crippen molar-refractivity contribution in [1.82, 2.24) is 4.98 Å². The standard InChI is InChI=1S/C20H21N3O4S2/c1-14(2)15-3-7-17(8-4-15)27-13-19(24)22-16-5-9-18(10-6-16)29(25,26)23-20-21-11-12-28-20/h3-12,14H,13H2,1-2H3,(H,21,23)(H,22,24). The Morgan fingerprint density at radius 3 is 2.38 bits per heavy atom. The number of hydrogen-bond acceptors (Lipinski definition) is 6. The predicted octanol–water partition coefficient (Wildman–Crippen LogP) is 4.08. The first-order valence-electron chi connectivity index (χ1n) is 8.88. The van der Waals surface area contributed by atoms with Gasteiger partial charge in [0.2, 0.25) is 0 Å². The van der Waals surface area contributed by atoms with Gasteiger partial charge in [-0.25, -0.2) is 13.4 Å². The van der Waals surface area contributed by atoms with E-state index in [1.54, 1.807) is 5.38 Å². The summed E-state index contributed by atoms with van der Waals surface area (Å²) in [7, 11) is -3.72. The fourth-order valence-corrected chi connectivity index (χ4v) is 4.25. The zero-order chi connectivity index (χ0) is 20.9. The minimum Gasteiger partial charge on any atom is -0.484 e. The molecule has 7 nitrogen and oxygen atoms in total. The van der Waals surface area contributed by atoms with Crippen LogP contribution in [-0.2, 0) is 14.8 Å². The van der Waals surface area contributed by atoms with E-state index in [2.05, 4.69) is 28.9 Å². The minimum absolute atomic E-state index is 0.0761. The van der Waals surface area contributed by atoms with Crippen molar-refractivity contribution in [2.24, 2.45) is 0 Å². The van der Waals surface area contributed by atoms with Crippen molar-refractivity contribution >= 4 is 38.1 Å². The number of ether oxygens (including phenoxy) is 1. The fraction of sp³-hybridized carbons (Fsp3) is 0.200. The summed E-state index contributed by atoms with van der Waals surface area (Å²) in [4.78, 5) is 16.1. The van der Waals surface area contributed by atoms with Crippen LogP contribution in [0.25, 0.3) is 0 Å². The van der Waals surface area contributed by atoms with E-state index in [0.717, 1.165) is 0 Å². The maximum absolute atomic E-state index is 12.3. The highest BCUT2D eigenvalue weighted by atomic mass is 32.2. The van der Waals surface area contributed by atoms with E-state index >= 15 is 0 Å². The van der Waals surface area contributed by atoms with Gasteiger partial charge in [-0.15, -0.1) is 11.3 Å². The Morgan fingerprint density at radius 2 is 1.79 bits per heavy atom. The van der Waals surface area contributed by atoms with Crippen molar-refractivity contribution in [3.8, 4) is 5.75 Å². The van der Waals surface area contributed by atoms with E-state index in [0.29, 0.717) is 22.5 Å². The van der Waals surface area contributed by atoms with E-state index in [9.17, 15) is 13.2 Å². The summed E-state index contributed by atoms with van der Waals surface area (Å²) in [5.41, 5.74) is 1.67. The summed E-state index contributed by atoms with van der Waals surface area (Å²) in [6, 6.07) is 13.5. The number of sulfonamides is 1. The lowest BCUT2D eigenvalue weighted by atomic mass is 10.0. The number of nitrogens with one attached hydrogen (secondary N) is 2. The Labute approximate surface area is 173 Å². The molecular weight excluding hydrogens is 410 g/mol. The molecule has 0 spiro atoms. The molecule has 0 aliphatic heterocycles. The zero-order valence-electron chi connectivity index (χ0n) is 16.0. The molecule has 3 rings (SSSR count). The summed E-state index contributed by atoms with van der Waals surface area (Å²) < 4.78 is 32.5. The third-order valence-corrected chi connectivity index (χ3v) is 6.19. The van der Waals surface area contributed by atoms with Gasteiger partial charge in [-0.05, 0) is 47.9 Å². The van der Waals surface area contributed by atoms with Gasteiger partial charge < -0.3 is 10.1 Å². The molecule has 152 valence electrons. The van der Waals surface area contributed by atoms with Gasteiger partial charge in [0.15, 0.2) is 11.7 Å². The van der Waals surface area contributed by atoms with Gasteiger partial charge in [-0.2, -0.15) is 0 Å². The van der Waals surface area contributed by atoms with Crippen LogP contribution in [0.15, 0.2) is 65.0 Å². The molecule has 0 bridgehead atoms. The minimum atomic E-state index is -3.72. The number of carbonyl (C=O) groups is 1. The lowest BCUT2D eigenvalue weighted by molar-refractivity contribution is -0.118. The van der Waals surface area contributed by atoms with Gasteiger partial charge >= 0.3 is 0 Å². The van der Waals surface area contributed by atoms with Crippen LogP contribution >= 0.6 is 11.3 Å². The normalized spacial score (nSPS) is 11.3. The van der Waals surface area contributed by atoms with Gasteiger partial charge in [0, 0.05) is 17.3 Å². The number of carbonyl (C=O) groups excluding carboxylic acids is 1. The van der Waals surface area contributed by atoms with Crippen LogP contribution in [0.5, 0.6) is 5.75 Å². The molecule has 0 radical (unpaired) electrons. The van der Waals surface area contributed by atoms with E-state index < -0.39 is 10.0 Å². The van der Waals surface area contributed by atoms with Crippen LogP contribution < -0.4 is 14.8 Å². The summed E-state index contributed by atoms with van der Waals surface area (Å²) in [5.74, 6) is 0.699. The van der Waals surface area contributed by atoms with Crippen LogP contribution in [0.1, 0.15) is 25.3 Å². The molecule has 0 fully saturated rings. The number of hydrogen-bond donors (Lipinski definition) is 2. The SMILES string of the molecule is CC(C)c1ccc(OCC(=O)Nc2ccc(S(=O)(=O)Nc3nccs3)cc2)cc1. The first-order chi connectivity index (χ1) is 13.8. The third-order valence-electron chi connectivity index (χ3n) is 4.02. The maximum Gasteiger partial charge on any atom is 0.263 e. The molecule has 0 atom stereocenters. The first kappa shape index (κ1) is 20.8. The molecule has 29 heavy (non-hydrogen) atoms. The molecule has 1 aromatic heterocycles. The van der Waals surface area contributed by atoms with E-state index in [4.69, 9.17) is 4.74 Å². The van der Waals surface area contributed by atoms with Crippen molar-refractivity contribution in [3.63, 3.8) is 0 Å². The number of rotatable bonds is 8. The number of aromatic nitrogens is 1. The Kier molecular flexibility index (Phi) is 6.50. The number of amides is 1. The molecule has 0 saturated heterocycles. The molecule has 9 heteroatoms. The fourth-order valence-electron chi connectivity index (χ4n) is 2.46. The van der Waals surface area contributed by atoms with Crippen molar-refractivity contribution in [2.45, 2.75) is 24.7 Å². The molecule has 0 saturated carbocycles. The second-order valence-corrected chi connectivity index (χ2v) is 9.10. The van der Waals surface area contributed by atoms with Crippen LogP contribution in [0.4, 0.5) is 10.8 Å². The maximum atomic E-state index is 12.3. The number of nitrogens with zero attached hydrogens (tertiary/aromatic N) is 1. The molecule has 3 aromatic rings. The first-order valence-corrected chi connectivity index (χ1v) is 11.2. The summed E-state index contributed by atoms with van der Waals surface area (Å²) in [6.07, 6.45) is 1.52. The van der Waals surface area contributed by atoms with Crippen LogP contribution in [-0.4, -0.2) is 25.9 Å². The van der Waals surface area contributed by atoms with Gasteiger partial charge in [-0.3, -0.25) is 9.52 Å². The zero-order valence-corrected chi connectivity index (χ0v) is 17.6. The smallest absolute Gasteiger partial charge is 0.263 e. The van der Waals surface area contributed by atoms with Crippen molar-refractivity contribution in [3.05, 3.63) is 65.7 Å². The number of thiazole rings is 1.